The van der Waals surface area contributed by atoms with Crippen LogP contribution in [0.4, 0.5) is 0 Å². The molecule has 0 spiro atoms. The van der Waals surface area contributed by atoms with Gasteiger partial charge in [-0.1, -0.05) is 48.5 Å². The molecule has 0 bridgehead atoms. The van der Waals surface area contributed by atoms with Crippen molar-refractivity contribution in [3.05, 3.63) is 66.2 Å². The lowest BCUT2D eigenvalue weighted by atomic mass is 10.1. The molecule has 1 fully saturated rings. The van der Waals surface area contributed by atoms with Crippen LogP contribution in [0, 0.1) is 5.41 Å². The molecule has 0 amide bonds. The molecule has 0 unspecified atom stereocenters. The summed E-state index contributed by atoms with van der Waals surface area (Å²) >= 11 is 8.53. The largest absolute Gasteiger partial charge is 0.494 e. The Labute approximate surface area is 171 Å². The summed E-state index contributed by atoms with van der Waals surface area (Å²) in [4.78, 5) is 4.63. The lowest BCUT2D eigenvalue weighted by molar-refractivity contribution is 0.169. The average molecular weight is 410 g/mol. The van der Waals surface area contributed by atoms with Gasteiger partial charge in [0, 0.05) is 38.3 Å². The van der Waals surface area contributed by atoms with Crippen LogP contribution in [0.2, 0.25) is 0 Å². The fraction of sp³-hybridized carbons (Fsp3) is 0.350. The maximum Gasteiger partial charge on any atom is 0.128 e. The van der Waals surface area contributed by atoms with Gasteiger partial charge >= 0.3 is 0 Å². The van der Waals surface area contributed by atoms with Crippen molar-refractivity contribution in [1.29, 1.82) is 5.41 Å². The molecule has 146 valence electrons. The van der Waals surface area contributed by atoms with Gasteiger partial charge in [0.15, 0.2) is 0 Å². The normalized spacial score (nSPS) is 14.2. The number of nitrogens with zero attached hydrogens (tertiary/aromatic N) is 2. The summed E-state index contributed by atoms with van der Waals surface area (Å²) in [6.45, 7) is 5.69. The third-order valence-corrected chi connectivity index (χ3v) is 4.37. The molecular weight excluding hydrogens is 385 g/mol. The highest BCUT2D eigenvalue weighted by molar-refractivity contribution is 6.24. The molecule has 5 nitrogen and oxygen atoms in total. The Balaban J connectivity index is 0.000000817. The summed E-state index contributed by atoms with van der Waals surface area (Å²) in [5.41, 5.74) is 1.00. The Bertz CT molecular complexity index is 651. The van der Waals surface area contributed by atoms with Crippen LogP contribution in [0.1, 0.15) is 12.0 Å². The summed E-state index contributed by atoms with van der Waals surface area (Å²) in [6, 6.07) is 20.0. The smallest absolute Gasteiger partial charge is 0.128 e. The average Bonchev–Trinajstić information content (AvgIpc) is 2.73. The van der Waals surface area contributed by atoms with E-state index >= 15 is 0 Å². The minimum absolute atomic E-state index is 0.641. The maximum atomic E-state index is 8.34. The molecule has 0 aromatic heterocycles. The van der Waals surface area contributed by atoms with Crippen molar-refractivity contribution in [3.63, 3.8) is 0 Å². The number of amidine groups is 1. The van der Waals surface area contributed by atoms with Crippen molar-refractivity contribution >= 4 is 29.6 Å². The second-order valence-corrected chi connectivity index (χ2v) is 6.58. The number of halogens is 2. The van der Waals surface area contributed by atoms with E-state index in [4.69, 9.17) is 10.1 Å². The Kier molecular flexibility index (Phi) is 10.0. The van der Waals surface area contributed by atoms with E-state index in [1.54, 1.807) is 0 Å². The van der Waals surface area contributed by atoms with E-state index in [2.05, 4.69) is 37.4 Å². The first-order valence-electron chi connectivity index (χ1n) is 8.93. The molecule has 3 rings (SSSR count). The van der Waals surface area contributed by atoms with Crippen LogP contribution in [0.25, 0.3) is 0 Å². The van der Waals surface area contributed by atoms with Gasteiger partial charge in [-0.15, -0.1) is 0 Å². The number of rotatable bonds is 6. The van der Waals surface area contributed by atoms with E-state index in [0.29, 0.717) is 5.84 Å². The van der Waals surface area contributed by atoms with E-state index in [0.717, 1.165) is 57.1 Å². The first-order valence-corrected chi connectivity index (χ1v) is 9.54. The van der Waals surface area contributed by atoms with E-state index in [1.165, 1.54) is 0 Å². The molecule has 2 aromatic carbocycles. The molecule has 0 saturated carbocycles. The van der Waals surface area contributed by atoms with Crippen molar-refractivity contribution < 1.29 is 8.58 Å². The molecule has 7 heteroatoms. The Hall–Kier alpha value is -1.79. The zero-order chi connectivity index (χ0) is 19.3. The van der Waals surface area contributed by atoms with Crippen LogP contribution >= 0.6 is 23.7 Å². The third kappa shape index (κ3) is 7.77. The quantitative estimate of drug-likeness (QED) is 0.436. The molecule has 1 saturated heterocycles. The maximum absolute atomic E-state index is 8.34. The van der Waals surface area contributed by atoms with Gasteiger partial charge in [-0.2, -0.15) is 3.84 Å². The lowest BCUT2D eigenvalue weighted by Crippen LogP contribution is -2.49. The predicted octanol–water partition coefficient (Wildman–Crippen LogP) is 4.41. The van der Waals surface area contributed by atoms with Gasteiger partial charge in [-0.25, -0.2) is 0 Å². The van der Waals surface area contributed by atoms with Gasteiger partial charge in [0.05, 0.1) is 30.3 Å². The number of ether oxygens (including phenoxy) is 1. The Morgan fingerprint density at radius 1 is 0.889 bits per heavy atom. The van der Waals surface area contributed by atoms with Crippen LogP contribution in [0.15, 0.2) is 60.7 Å². The second kappa shape index (κ2) is 12.6. The summed E-state index contributed by atoms with van der Waals surface area (Å²) in [6.07, 6.45) is 1.03. The summed E-state index contributed by atoms with van der Waals surface area (Å²) < 4.78 is 8.94. The minimum atomic E-state index is 0.641. The zero-order valence-corrected chi connectivity index (χ0v) is 16.7. The molecule has 1 aliphatic heterocycles. The summed E-state index contributed by atoms with van der Waals surface area (Å²) in [5, 5.41) is 8.34. The van der Waals surface area contributed by atoms with Gasteiger partial charge in [-0.3, -0.25) is 10.3 Å². The number of nitrogens with one attached hydrogen (secondary N) is 1. The predicted molar refractivity (Wildman–Crippen MR) is 111 cm³/mol. The molecule has 1 heterocycles. The van der Waals surface area contributed by atoms with Crippen molar-refractivity contribution in [2.75, 3.05) is 39.3 Å². The SMILES string of the molecule is ClOCl.N=C(c1ccccc1)N1CCN(CCCOc2ccccc2)CC1. The van der Waals surface area contributed by atoms with Crippen LogP contribution in [0.3, 0.4) is 0 Å². The fourth-order valence-electron chi connectivity index (χ4n) is 2.97. The monoisotopic (exact) mass is 409 g/mol. The standard InChI is InChI=1S/C20H25N3O.Cl2O/c21-20(18-8-3-1-4-9-18)23-15-13-22(14-16-23)12-7-17-24-19-10-5-2-6-11-19;1-3-2/h1-6,8-11,21H,7,12-17H2;. The molecule has 1 aliphatic rings. The molecule has 0 atom stereocenters. The first-order chi connectivity index (χ1) is 13.2. The molecule has 27 heavy (non-hydrogen) atoms. The molecule has 0 radical (unpaired) electrons. The van der Waals surface area contributed by atoms with Crippen LogP contribution in [0.5, 0.6) is 5.75 Å². The number of piperazine rings is 1. The van der Waals surface area contributed by atoms with E-state index in [1.807, 2.05) is 60.7 Å². The van der Waals surface area contributed by atoms with Crippen molar-refractivity contribution in [3.8, 4) is 5.75 Å². The number of hydrogen-bond acceptors (Lipinski definition) is 4. The number of benzene rings is 2. The topological polar surface area (TPSA) is 48.8 Å². The van der Waals surface area contributed by atoms with Crippen molar-refractivity contribution in [1.82, 2.24) is 9.80 Å². The third-order valence-electron chi connectivity index (χ3n) is 4.37. The highest BCUT2D eigenvalue weighted by atomic mass is 35.6. The van der Waals surface area contributed by atoms with Gasteiger partial charge in [0.25, 0.3) is 0 Å². The lowest BCUT2D eigenvalue weighted by Gasteiger charge is -2.36. The zero-order valence-electron chi connectivity index (χ0n) is 15.2. The molecule has 2 aromatic rings. The Morgan fingerprint density at radius 3 is 2.04 bits per heavy atom. The highest BCUT2D eigenvalue weighted by Crippen LogP contribution is 2.10. The van der Waals surface area contributed by atoms with E-state index in [-0.39, 0.29) is 0 Å². The van der Waals surface area contributed by atoms with Gasteiger partial charge < -0.3 is 9.64 Å². The van der Waals surface area contributed by atoms with Crippen LogP contribution in [-0.4, -0.2) is 55.0 Å². The summed E-state index contributed by atoms with van der Waals surface area (Å²) in [5.74, 6) is 1.58. The molecular formula is C20H25Cl2N3O2. The minimum Gasteiger partial charge on any atom is -0.494 e. The molecule has 1 N–H and O–H groups in total. The van der Waals surface area contributed by atoms with Gasteiger partial charge in [-0.05, 0) is 18.6 Å². The first kappa shape index (κ1) is 21.5. The highest BCUT2D eigenvalue weighted by Gasteiger charge is 2.19. The fourth-order valence-corrected chi connectivity index (χ4v) is 2.97. The number of para-hydroxylation sites is 1. The Morgan fingerprint density at radius 2 is 1.44 bits per heavy atom. The van der Waals surface area contributed by atoms with Crippen molar-refractivity contribution in [2.45, 2.75) is 6.42 Å². The number of hydrogen-bond donors (Lipinski definition) is 1. The van der Waals surface area contributed by atoms with E-state index < -0.39 is 0 Å². The van der Waals surface area contributed by atoms with E-state index in [9.17, 15) is 0 Å². The summed E-state index contributed by atoms with van der Waals surface area (Å²) in [7, 11) is 0. The van der Waals surface area contributed by atoms with Gasteiger partial charge in [0.2, 0.25) is 0 Å². The van der Waals surface area contributed by atoms with Crippen LogP contribution < -0.4 is 4.74 Å². The van der Waals surface area contributed by atoms with Gasteiger partial charge in [0.1, 0.15) is 11.6 Å². The van der Waals surface area contributed by atoms with Crippen molar-refractivity contribution in [2.24, 2.45) is 0 Å². The van der Waals surface area contributed by atoms with Crippen LogP contribution in [-0.2, 0) is 3.84 Å². The second-order valence-electron chi connectivity index (χ2n) is 6.12. The molecule has 0 aliphatic carbocycles.